The molecule has 0 bridgehead atoms. The first-order valence-electron chi connectivity index (χ1n) is 10.9. The number of aliphatic carboxylic acids is 1. The van der Waals surface area contributed by atoms with Crippen molar-refractivity contribution in [2.75, 3.05) is 11.9 Å². The number of benzene rings is 3. The number of anilines is 1. The molecule has 178 valence electrons. The second-order valence-electron chi connectivity index (χ2n) is 8.03. The van der Waals surface area contributed by atoms with Gasteiger partial charge in [0.25, 0.3) is 5.91 Å². The van der Waals surface area contributed by atoms with E-state index in [9.17, 15) is 19.5 Å². The maximum absolute atomic E-state index is 12.8. The van der Waals surface area contributed by atoms with Gasteiger partial charge >= 0.3 is 12.1 Å². The van der Waals surface area contributed by atoms with Gasteiger partial charge in [0.1, 0.15) is 12.6 Å². The van der Waals surface area contributed by atoms with Gasteiger partial charge in [0, 0.05) is 10.4 Å². The molecule has 0 fully saturated rings. The third-order valence-corrected chi connectivity index (χ3v) is 6.31. The van der Waals surface area contributed by atoms with Crippen LogP contribution < -0.4 is 10.6 Å². The molecule has 1 atom stereocenters. The molecule has 0 heterocycles. The zero-order valence-electron chi connectivity index (χ0n) is 18.7. The van der Waals surface area contributed by atoms with Crippen LogP contribution in [0.15, 0.2) is 83.9 Å². The summed E-state index contributed by atoms with van der Waals surface area (Å²) in [6.07, 6.45) is 0.753. The van der Waals surface area contributed by atoms with Crippen molar-refractivity contribution in [3.63, 3.8) is 0 Å². The van der Waals surface area contributed by atoms with Crippen LogP contribution in [0.3, 0.4) is 0 Å². The van der Waals surface area contributed by atoms with Crippen LogP contribution in [-0.4, -0.2) is 35.7 Å². The molecule has 0 aliphatic heterocycles. The summed E-state index contributed by atoms with van der Waals surface area (Å²) in [4.78, 5) is 36.9. The highest BCUT2D eigenvalue weighted by atomic mass is 79.9. The van der Waals surface area contributed by atoms with Gasteiger partial charge in [-0.05, 0) is 46.9 Å². The highest BCUT2D eigenvalue weighted by molar-refractivity contribution is 9.10. The van der Waals surface area contributed by atoms with E-state index in [-0.39, 0.29) is 30.2 Å². The van der Waals surface area contributed by atoms with Gasteiger partial charge in [-0.25, -0.2) is 9.59 Å². The van der Waals surface area contributed by atoms with E-state index in [4.69, 9.17) is 4.74 Å². The molecular weight excluding hydrogens is 512 g/mol. The van der Waals surface area contributed by atoms with Gasteiger partial charge in [-0.2, -0.15) is 0 Å². The molecule has 0 saturated heterocycles. The third-order valence-electron chi connectivity index (χ3n) is 5.81. The lowest BCUT2D eigenvalue weighted by Crippen LogP contribution is -2.40. The molecule has 0 saturated carbocycles. The number of nitrogens with one attached hydrogen (secondary N) is 2. The van der Waals surface area contributed by atoms with Crippen LogP contribution in [0.1, 0.15) is 33.8 Å². The number of fused-ring (bicyclic) bond motifs is 3. The van der Waals surface area contributed by atoms with E-state index >= 15 is 0 Å². The largest absolute Gasteiger partial charge is 0.480 e. The summed E-state index contributed by atoms with van der Waals surface area (Å²) in [5.74, 6) is -1.92. The highest BCUT2D eigenvalue weighted by Gasteiger charge is 2.29. The molecule has 8 heteroatoms. The Hall–Kier alpha value is -3.91. The highest BCUT2D eigenvalue weighted by Crippen LogP contribution is 2.44. The molecule has 0 aromatic heterocycles. The molecular formula is C27H23BrN2O5. The third kappa shape index (κ3) is 5.27. The summed E-state index contributed by atoms with van der Waals surface area (Å²) in [6.45, 7) is 3.64. The second-order valence-corrected chi connectivity index (χ2v) is 8.94. The molecule has 3 aromatic rings. The first-order valence-corrected chi connectivity index (χ1v) is 11.7. The normalized spacial score (nSPS) is 12.7. The first kappa shape index (κ1) is 24.2. The topological polar surface area (TPSA) is 105 Å². The van der Waals surface area contributed by atoms with Crippen LogP contribution in [-0.2, 0) is 9.53 Å². The Morgan fingerprint density at radius 3 is 2.26 bits per heavy atom. The number of ether oxygens (including phenoxy) is 1. The molecule has 1 aliphatic rings. The number of carbonyl (C=O) groups is 3. The average Bonchev–Trinajstić information content (AvgIpc) is 3.16. The fraction of sp³-hybridized carbons (Fsp3) is 0.148. The maximum atomic E-state index is 12.8. The molecule has 3 aromatic carbocycles. The van der Waals surface area contributed by atoms with Crippen molar-refractivity contribution < 1.29 is 24.2 Å². The predicted octanol–water partition coefficient (Wildman–Crippen LogP) is 5.57. The molecule has 0 spiro atoms. The van der Waals surface area contributed by atoms with Crippen molar-refractivity contribution in [1.29, 1.82) is 0 Å². The predicted molar refractivity (Wildman–Crippen MR) is 137 cm³/mol. The number of carboxylic acids is 1. The number of carboxylic acid groups (broad SMARTS) is 1. The summed E-state index contributed by atoms with van der Waals surface area (Å²) < 4.78 is 6.20. The monoisotopic (exact) mass is 534 g/mol. The van der Waals surface area contributed by atoms with E-state index in [0.717, 1.165) is 22.3 Å². The maximum Gasteiger partial charge on any atom is 0.411 e. The molecule has 3 N–H and O–H groups in total. The van der Waals surface area contributed by atoms with Crippen molar-refractivity contribution in [3.8, 4) is 11.1 Å². The van der Waals surface area contributed by atoms with Crippen molar-refractivity contribution >= 4 is 39.6 Å². The van der Waals surface area contributed by atoms with Gasteiger partial charge in [-0.1, -0.05) is 70.5 Å². The van der Waals surface area contributed by atoms with Crippen LogP contribution in [0.5, 0.6) is 0 Å². The molecule has 0 radical (unpaired) electrons. The van der Waals surface area contributed by atoms with Crippen LogP contribution in [0.4, 0.5) is 10.5 Å². The minimum Gasteiger partial charge on any atom is -0.480 e. The summed E-state index contributed by atoms with van der Waals surface area (Å²) in [5, 5.41) is 14.4. The summed E-state index contributed by atoms with van der Waals surface area (Å²) in [7, 11) is 0. The Kier molecular flexibility index (Phi) is 7.31. The fourth-order valence-electron chi connectivity index (χ4n) is 4.19. The van der Waals surface area contributed by atoms with Gasteiger partial charge in [-0.15, -0.1) is 6.58 Å². The van der Waals surface area contributed by atoms with Crippen molar-refractivity contribution in [2.24, 2.45) is 0 Å². The Labute approximate surface area is 210 Å². The quantitative estimate of drug-likeness (QED) is 0.327. The molecule has 1 unspecified atom stereocenters. The summed E-state index contributed by atoms with van der Waals surface area (Å²) in [6, 6.07) is 19.6. The van der Waals surface area contributed by atoms with E-state index < -0.39 is 24.0 Å². The second kappa shape index (κ2) is 10.6. The Morgan fingerprint density at radius 2 is 1.66 bits per heavy atom. The zero-order valence-corrected chi connectivity index (χ0v) is 20.2. The molecule has 4 rings (SSSR count). The van der Waals surface area contributed by atoms with Crippen molar-refractivity contribution in [3.05, 3.63) is 101 Å². The molecule has 1 aliphatic carbocycles. The van der Waals surface area contributed by atoms with E-state index in [1.807, 2.05) is 36.4 Å². The van der Waals surface area contributed by atoms with E-state index in [2.05, 4.69) is 45.3 Å². The number of hydrogen-bond acceptors (Lipinski definition) is 4. The van der Waals surface area contributed by atoms with Crippen LogP contribution in [0.25, 0.3) is 11.1 Å². The Balaban J connectivity index is 1.48. The Bertz CT molecular complexity index is 1260. The fourth-order valence-corrected chi connectivity index (χ4v) is 4.55. The van der Waals surface area contributed by atoms with Gasteiger partial charge in [0.05, 0.1) is 11.3 Å². The van der Waals surface area contributed by atoms with Gasteiger partial charge in [-0.3, -0.25) is 10.1 Å². The number of carbonyl (C=O) groups excluding carboxylic acids is 2. The van der Waals surface area contributed by atoms with E-state index in [1.54, 1.807) is 12.1 Å². The lowest BCUT2D eigenvalue weighted by molar-refractivity contribution is -0.139. The minimum atomic E-state index is -1.18. The SMILES string of the molecule is C=CCC(NC(=O)c1ccc(Br)cc1NC(=O)OCC1c2ccccc2-c2ccccc21)C(=O)O. The van der Waals surface area contributed by atoms with E-state index in [1.165, 1.54) is 12.1 Å². The summed E-state index contributed by atoms with van der Waals surface area (Å²) in [5.41, 5.74) is 4.72. The number of hydrogen-bond donors (Lipinski definition) is 3. The lowest BCUT2D eigenvalue weighted by Gasteiger charge is -2.17. The van der Waals surface area contributed by atoms with Crippen LogP contribution in [0.2, 0.25) is 0 Å². The smallest absolute Gasteiger partial charge is 0.411 e. The summed E-state index contributed by atoms with van der Waals surface area (Å²) >= 11 is 3.33. The van der Waals surface area contributed by atoms with Crippen molar-refractivity contribution in [1.82, 2.24) is 5.32 Å². The number of halogens is 1. The van der Waals surface area contributed by atoms with E-state index in [0.29, 0.717) is 4.47 Å². The van der Waals surface area contributed by atoms with Crippen LogP contribution >= 0.6 is 15.9 Å². The first-order chi connectivity index (χ1) is 16.9. The average molecular weight is 535 g/mol. The Morgan fingerprint density at radius 1 is 1.03 bits per heavy atom. The molecule has 2 amide bonds. The van der Waals surface area contributed by atoms with Gasteiger partial charge in [0.15, 0.2) is 0 Å². The number of amides is 2. The van der Waals surface area contributed by atoms with Crippen LogP contribution in [0, 0.1) is 0 Å². The van der Waals surface area contributed by atoms with Crippen molar-refractivity contribution in [2.45, 2.75) is 18.4 Å². The minimum absolute atomic E-state index is 0.0622. The zero-order chi connectivity index (χ0) is 24.9. The standard InChI is InChI=1S/C27H23BrN2O5/c1-2-7-23(26(32)33)29-25(31)21-13-12-16(28)14-24(21)30-27(34)35-15-22-19-10-5-3-8-17(19)18-9-4-6-11-20(18)22/h2-6,8-14,22-23H,1,7,15H2,(H,29,31)(H,30,34)(H,32,33). The number of rotatable bonds is 8. The molecule has 7 nitrogen and oxygen atoms in total. The van der Waals surface area contributed by atoms with Gasteiger partial charge in [0.2, 0.25) is 0 Å². The molecule has 35 heavy (non-hydrogen) atoms. The van der Waals surface area contributed by atoms with Gasteiger partial charge < -0.3 is 15.2 Å². The lowest BCUT2D eigenvalue weighted by atomic mass is 9.98.